The normalized spacial score (nSPS) is 21.1. The first-order chi connectivity index (χ1) is 10.1. The van der Waals surface area contributed by atoms with Gasteiger partial charge in [-0.3, -0.25) is 15.1 Å². The minimum absolute atomic E-state index is 0.00167. The number of phenols is 1. The molecule has 1 aliphatic heterocycles. The molecule has 2 rings (SSSR count). The zero-order valence-corrected chi connectivity index (χ0v) is 13.5. The second-order valence-corrected chi connectivity index (χ2v) is 7.23. The van der Waals surface area contributed by atoms with Gasteiger partial charge in [0.05, 0.1) is 11.0 Å². The fraction of sp³-hybridized carbons (Fsp3) is 0.562. The first kappa shape index (κ1) is 16.4. The number of nitrogens with zero attached hydrogens (tertiary/aromatic N) is 2. The zero-order chi connectivity index (χ0) is 16.5. The van der Waals surface area contributed by atoms with Crippen LogP contribution in [0, 0.1) is 10.1 Å². The summed E-state index contributed by atoms with van der Waals surface area (Å²) in [6.07, 6.45) is 3.30. The van der Waals surface area contributed by atoms with Crippen molar-refractivity contribution in [2.75, 3.05) is 0 Å². The zero-order valence-electron chi connectivity index (χ0n) is 13.5. The van der Waals surface area contributed by atoms with Gasteiger partial charge < -0.3 is 10.4 Å². The van der Waals surface area contributed by atoms with Crippen molar-refractivity contribution in [3.8, 4) is 5.75 Å². The predicted molar refractivity (Wildman–Crippen MR) is 86.7 cm³/mol. The van der Waals surface area contributed by atoms with E-state index in [9.17, 15) is 15.2 Å². The summed E-state index contributed by atoms with van der Waals surface area (Å²) in [5.41, 5.74) is 0.289. The topological polar surface area (TPSA) is 87.8 Å². The molecule has 1 aromatic carbocycles. The Kier molecular flexibility index (Phi) is 4.24. The Balaban J connectivity index is 2.21. The van der Waals surface area contributed by atoms with Gasteiger partial charge in [-0.15, -0.1) is 0 Å². The molecule has 0 amide bonds. The smallest absolute Gasteiger partial charge is 0.270 e. The fourth-order valence-corrected chi connectivity index (χ4v) is 3.32. The maximum atomic E-state index is 10.8. The lowest BCUT2D eigenvalue weighted by molar-refractivity contribution is -0.384. The third-order valence-electron chi connectivity index (χ3n) is 3.82. The molecule has 0 saturated carbocycles. The molecule has 0 spiro atoms. The lowest BCUT2D eigenvalue weighted by Gasteiger charge is -2.45. The molecular weight excluding hydrogens is 282 g/mol. The summed E-state index contributed by atoms with van der Waals surface area (Å²) in [6.45, 7) is 8.56. The summed E-state index contributed by atoms with van der Waals surface area (Å²) >= 11 is 0. The van der Waals surface area contributed by atoms with E-state index in [1.54, 1.807) is 6.21 Å². The van der Waals surface area contributed by atoms with Crippen molar-refractivity contribution in [2.24, 2.45) is 4.99 Å². The third-order valence-corrected chi connectivity index (χ3v) is 3.82. The van der Waals surface area contributed by atoms with Crippen molar-refractivity contribution in [2.45, 2.75) is 57.7 Å². The summed E-state index contributed by atoms with van der Waals surface area (Å²) in [7, 11) is 0. The van der Waals surface area contributed by atoms with Gasteiger partial charge in [0.2, 0.25) is 0 Å². The number of phenolic OH excluding ortho intramolecular Hbond substituents is 1. The van der Waals surface area contributed by atoms with Gasteiger partial charge in [0, 0.05) is 35.0 Å². The molecule has 1 fully saturated rings. The van der Waals surface area contributed by atoms with E-state index in [2.05, 4.69) is 38.0 Å². The number of piperidine rings is 1. The highest BCUT2D eigenvalue weighted by Crippen LogP contribution is 2.30. The minimum Gasteiger partial charge on any atom is -0.507 e. The van der Waals surface area contributed by atoms with Crippen LogP contribution >= 0.6 is 0 Å². The van der Waals surface area contributed by atoms with E-state index in [0.717, 1.165) is 12.8 Å². The quantitative estimate of drug-likeness (QED) is 0.510. The molecule has 0 aliphatic carbocycles. The Bertz CT molecular complexity index is 593. The molecule has 1 heterocycles. The molecule has 1 saturated heterocycles. The second kappa shape index (κ2) is 5.68. The Labute approximate surface area is 130 Å². The molecule has 0 unspecified atom stereocenters. The monoisotopic (exact) mass is 305 g/mol. The molecule has 2 N–H and O–H groups in total. The van der Waals surface area contributed by atoms with Crippen molar-refractivity contribution in [3.63, 3.8) is 0 Å². The van der Waals surface area contributed by atoms with E-state index < -0.39 is 4.92 Å². The standard InChI is InChI=1S/C16H23N3O3/c1-15(2)8-12(9-16(3,4)18-15)17-10-11-7-13(19(21)22)5-6-14(11)20/h5-7,10,12,18,20H,8-9H2,1-4H3. The number of nitrogens with one attached hydrogen (secondary N) is 1. The first-order valence-corrected chi connectivity index (χ1v) is 7.38. The van der Waals surface area contributed by atoms with Crippen LogP contribution in [-0.4, -0.2) is 33.4 Å². The molecule has 0 bridgehead atoms. The molecule has 0 aromatic heterocycles. The Hall–Kier alpha value is -1.95. The highest BCUT2D eigenvalue weighted by Gasteiger charge is 2.37. The van der Waals surface area contributed by atoms with Gasteiger partial charge in [-0.05, 0) is 46.6 Å². The van der Waals surface area contributed by atoms with Crippen molar-refractivity contribution in [3.05, 3.63) is 33.9 Å². The number of hydrogen-bond acceptors (Lipinski definition) is 5. The highest BCUT2D eigenvalue weighted by molar-refractivity contribution is 5.84. The van der Waals surface area contributed by atoms with Crippen LogP contribution in [0.25, 0.3) is 0 Å². The number of rotatable bonds is 3. The van der Waals surface area contributed by atoms with Crippen molar-refractivity contribution >= 4 is 11.9 Å². The van der Waals surface area contributed by atoms with Gasteiger partial charge in [0.15, 0.2) is 0 Å². The first-order valence-electron chi connectivity index (χ1n) is 7.38. The van der Waals surface area contributed by atoms with E-state index in [-0.39, 0.29) is 28.6 Å². The van der Waals surface area contributed by atoms with Crippen molar-refractivity contribution < 1.29 is 10.0 Å². The molecule has 22 heavy (non-hydrogen) atoms. The number of benzene rings is 1. The number of nitro benzene ring substituents is 1. The maximum absolute atomic E-state index is 10.8. The maximum Gasteiger partial charge on any atom is 0.270 e. The lowest BCUT2D eigenvalue weighted by atomic mass is 9.80. The van der Waals surface area contributed by atoms with E-state index in [1.807, 2.05) is 0 Å². The van der Waals surface area contributed by atoms with Crippen molar-refractivity contribution in [1.82, 2.24) is 5.32 Å². The summed E-state index contributed by atoms with van der Waals surface area (Å²) in [4.78, 5) is 14.9. The Morgan fingerprint density at radius 3 is 2.45 bits per heavy atom. The van der Waals surface area contributed by atoms with E-state index in [0.29, 0.717) is 5.56 Å². The second-order valence-electron chi connectivity index (χ2n) is 7.23. The number of hydrogen-bond donors (Lipinski definition) is 2. The molecule has 1 aliphatic rings. The highest BCUT2D eigenvalue weighted by atomic mass is 16.6. The van der Waals surface area contributed by atoms with Gasteiger partial charge in [-0.1, -0.05) is 0 Å². The minimum atomic E-state index is -0.479. The molecular formula is C16H23N3O3. The Morgan fingerprint density at radius 1 is 1.32 bits per heavy atom. The van der Waals surface area contributed by atoms with Gasteiger partial charge in [0.25, 0.3) is 5.69 Å². The average Bonchev–Trinajstić information content (AvgIpc) is 2.33. The number of nitro groups is 1. The van der Waals surface area contributed by atoms with Crippen LogP contribution in [0.15, 0.2) is 23.2 Å². The van der Waals surface area contributed by atoms with E-state index >= 15 is 0 Å². The van der Waals surface area contributed by atoms with E-state index in [1.165, 1.54) is 18.2 Å². The number of non-ortho nitro benzene ring substituents is 1. The lowest BCUT2D eigenvalue weighted by Crippen LogP contribution is -2.58. The molecule has 0 atom stereocenters. The molecule has 6 nitrogen and oxygen atoms in total. The predicted octanol–water partition coefficient (Wildman–Crippen LogP) is 3.03. The van der Waals surface area contributed by atoms with Gasteiger partial charge in [-0.25, -0.2) is 0 Å². The largest absolute Gasteiger partial charge is 0.507 e. The summed E-state index contributed by atoms with van der Waals surface area (Å²) in [5, 5.41) is 24.2. The molecule has 1 aromatic rings. The van der Waals surface area contributed by atoms with Crippen LogP contribution in [0.1, 0.15) is 46.1 Å². The van der Waals surface area contributed by atoms with Gasteiger partial charge in [0.1, 0.15) is 5.75 Å². The van der Waals surface area contributed by atoms with Crippen LogP contribution in [-0.2, 0) is 0 Å². The van der Waals surface area contributed by atoms with Crippen LogP contribution in [0.3, 0.4) is 0 Å². The summed E-state index contributed by atoms with van der Waals surface area (Å²) < 4.78 is 0. The van der Waals surface area contributed by atoms with Crippen LogP contribution in [0.4, 0.5) is 5.69 Å². The number of aliphatic imine (C=N–C) groups is 1. The molecule has 120 valence electrons. The van der Waals surface area contributed by atoms with E-state index in [4.69, 9.17) is 0 Å². The van der Waals surface area contributed by atoms with Gasteiger partial charge >= 0.3 is 0 Å². The van der Waals surface area contributed by atoms with Crippen molar-refractivity contribution in [1.29, 1.82) is 0 Å². The van der Waals surface area contributed by atoms with Crippen LogP contribution in [0.2, 0.25) is 0 Å². The van der Waals surface area contributed by atoms with Crippen LogP contribution in [0.5, 0.6) is 5.75 Å². The SMILES string of the molecule is CC1(C)CC(N=Cc2cc([N+](=O)[O-])ccc2O)CC(C)(C)N1. The Morgan fingerprint density at radius 2 is 1.91 bits per heavy atom. The fourth-order valence-electron chi connectivity index (χ4n) is 3.32. The third kappa shape index (κ3) is 4.04. The van der Waals surface area contributed by atoms with Crippen LogP contribution < -0.4 is 5.32 Å². The molecule has 6 heteroatoms. The average molecular weight is 305 g/mol. The molecule has 0 radical (unpaired) electrons. The summed E-state index contributed by atoms with van der Waals surface area (Å²) in [5.74, 6) is 0.00167. The number of aromatic hydroxyl groups is 1. The van der Waals surface area contributed by atoms with Gasteiger partial charge in [-0.2, -0.15) is 0 Å². The summed E-state index contributed by atoms with van der Waals surface area (Å²) in [6, 6.07) is 4.07.